The fourth-order valence-electron chi connectivity index (χ4n) is 1.84. The highest BCUT2D eigenvalue weighted by atomic mass is 35.5. The number of rotatable bonds is 4. The van der Waals surface area contributed by atoms with Crippen molar-refractivity contribution in [3.05, 3.63) is 52.5 Å². The van der Waals surface area contributed by atoms with Gasteiger partial charge in [-0.15, -0.1) is 0 Å². The molecule has 0 aliphatic heterocycles. The van der Waals surface area contributed by atoms with Crippen LogP contribution in [0.4, 0.5) is 11.4 Å². The number of hydrogen-bond donors (Lipinski definition) is 3. The van der Waals surface area contributed by atoms with Gasteiger partial charge in [-0.2, -0.15) is 0 Å². The molecule has 110 valence electrons. The molecule has 2 rings (SSSR count). The molecule has 0 heterocycles. The van der Waals surface area contributed by atoms with E-state index in [4.69, 9.17) is 22.2 Å². The van der Waals surface area contributed by atoms with Crippen molar-refractivity contribution < 1.29 is 9.53 Å². The highest BCUT2D eigenvalue weighted by molar-refractivity contribution is 6.31. The van der Waals surface area contributed by atoms with E-state index in [1.54, 1.807) is 36.4 Å². The zero-order valence-electron chi connectivity index (χ0n) is 11.7. The predicted octanol–water partition coefficient (Wildman–Crippen LogP) is 3.19. The molecule has 6 heteroatoms. The summed E-state index contributed by atoms with van der Waals surface area (Å²) in [5.41, 5.74) is 5.19. The molecule has 5 nitrogen and oxygen atoms in total. The van der Waals surface area contributed by atoms with E-state index < -0.39 is 0 Å². The number of hydrazine groups is 1. The second kappa shape index (κ2) is 6.47. The van der Waals surface area contributed by atoms with Gasteiger partial charge in [0.2, 0.25) is 0 Å². The van der Waals surface area contributed by atoms with Crippen molar-refractivity contribution in [1.29, 1.82) is 0 Å². The highest BCUT2D eigenvalue weighted by Gasteiger charge is 2.11. The number of nitrogen functional groups attached to an aromatic ring is 1. The number of carbonyl (C=O) groups excluding carboxylic acids is 1. The van der Waals surface area contributed by atoms with Gasteiger partial charge in [0.15, 0.2) is 0 Å². The zero-order chi connectivity index (χ0) is 15.4. The molecular formula is C15H16ClN3O2. The Morgan fingerprint density at radius 2 is 1.90 bits per heavy atom. The standard InChI is InChI=1S/C15H16ClN3O2/c1-9-7-13(14(21-2)8-12(9)16)18-15(20)10-3-5-11(19-17)6-4-10/h3-8,19H,17H2,1-2H3,(H,18,20). The van der Waals surface area contributed by atoms with Gasteiger partial charge in [0.05, 0.1) is 12.8 Å². The Hall–Kier alpha value is -2.24. The predicted molar refractivity (Wildman–Crippen MR) is 84.9 cm³/mol. The van der Waals surface area contributed by atoms with Crippen LogP contribution in [-0.2, 0) is 0 Å². The molecule has 2 aromatic rings. The average molecular weight is 306 g/mol. The van der Waals surface area contributed by atoms with Gasteiger partial charge in [0.25, 0.3) is 5.91 Å². The van der Waals surface area contributed by atoms with E-state index >= 15 is 0 Å². The first-order valence-corrected chi connectivity index (χ1v) is 6.65. The van der Waals surface area contributed by atoms with Crippen molar-refractivity contribution in [3.63, 3.8) is 0 Å². The Labute approximate surface area is 128 Å². The minimum atomic E-state index is -0.237. The fraction of sp³-hybridized carbons (Fsp3) is 0.133. The van der Waals surface area contributed by atoms with Crippen molar-refractivity contribution in [2.45, 2.75) is 6.92 Å². The molecule has 0 aromatic heterocycles. The normalized spacial score (nSPS) is 10.1. The lowest BCUT2D eigenvalue weighted by molar-refractivity contribution is 0.102. The summed E-state index contributed by atoms with van der Waals surface area (Å²) in [7, 11) is 1.53. The first-order chi connectivity index (χ1) is 10.0. The smallest absolute Gasteiger partial charge is 0.255 e. The molecular weight excluding hydrogens is 290 g/mol. The van der Waals surface area contributed by atoms with Crippen molar-refractivity contribution in [1.82, 2.24) is 0 Å². The van der Waals surface area contributed by atoms with Gasteiger partial charge in [0, 0.05) is 22.3 Å². The minimum Gasteiger partial charge on any atom is -0.495 e. The Bertz CT molecular complexity index is 657. The van der Waals surface area contributed by atoms with Crippen LogP contribution in [0.2, 0.25) is 5.02 Å². The Morgan fingerprint density at radius 3 is 2.48 bits per heavy atom. The van der Waals surface area contributed by atoms with E-state index in [1.807, 2.05) is 6.92 Å². The summed E-state index contributed by atoms with van der Waals surface area (Å²) in [4.78, 5) is 12.2. The third-order valence-corrected chi connectivity index (χ3v) is 3.45. The van der Waals surface area contributed by atoms with E-state index in [1.165, 1.54) is 7.11 Å². The number of halogens is 1. The lowest BCUT2D eigenvalue weighted by Crippen LogP contribution is -2.13. The van der Waals surface area contributed by atoms with Gasteiger partial charge < -0.3 is 15.5 Å². The lowest BCUT2D eigenvalue weighted by atomic mass is 10.1. The molecule has 0 aliphatic carbocycles. The molecule has 4 N–H and O–H groups in total. The van der Waals surface area contributed by atoms with E-state index in [-0.39, 0.29) is 5.91 Å². The maximum absolute atomic E-state index is 12.2. The largest absolute Gasteiger partial charge is 0.495 e. The van der Waals surface area contributed by atoms with E-state index in [0.29, 0.717) is 22.0 Å². The second-order valence-corrected chi connectivity index (χ2v) is 4.88. The number of methoxy groups -OCH3 is 1. The number of amides is 1. The van der Waals surface area contributed by atoms with Gasteiger partial charge in [-0.05, 0) is 42.8 Å². The zero-order valence-corrected chi connectivity index (χ0v) is 12.5. The number of aryl methyl sites for hydroxylation is 1. The fourth-order valence-corrected chi connectivity index (χ4v) is 2.00. The van der Waals surface area contributed by atoms with E-state index in [0.717, 1.165) is 11.3 Å². The summed E-state index contributed by atoms with van der Waals surface area (Å²) in [6.45, 7) is 1.86. The number of anilines is 2. The molecule has 0 saturated carbocycles. The van der Waals surface area contributed by atoms with Crippen LogP contribution in [0.3, 0.4) is 0 Å². The topological polar surface area (TPSA) is 76.4 Å². The van der Waals surface area contributed by atoms with Crippen molar-refractivity contribution >= 4 is 28.9 Å². The molecule has 2 aromatic carbocycles. The first-order valence-electron chi connectivity index (χ1n) is 6.27. The van der Waals surface area contributed by atoms with Crippen molar-refractivity contribution in [3.8, 4) is 5.75 Å². The van der Waals surface area contributed by atoms with Gasteiger partial charge >= 0.3 is 0 Å². The van der Waals surface area contributed by atoms with Crippen molar-refractivity contribution in [2.75, 3.05) is 17.9 Å². The number of carbonyl (C=O) groups is 1. The van der Waals surface area contributed by atoms with Crippen LogP contribution in [0.5, 0.6) is 5.75 Å². The number of nitrogens with one attached hydrogen (secondary N) is 2. The molecule has 0 atom stereocenters. The molecule has 0 fully saturated rings. The van der Waals surface area contributed by atoms with Gasteiger partial charge in [-0.1, -0.05) is 11.6 Å². The first kappa shape index (κ1) is 15.2. The molecule has 0 unspecified atom stereocenters. The van der Waals surface area contributed by atoms with Crippen LogP contribution in [0.15, 0.2) is 36.4 Å². The summed E-state index contributed by atoms with van der Waals surface area (Å²) < 4.78 is 5.23. The molecule has 0 aliphatic rings. The summed E-state index contributed by atoms with van der Waals surface area (Å²) in [6.07, 6.45) is 0. The lowest BCUT2D eigenvalue weighted by Gasteiger charge is -2.12. The molecule has 1 amide bonds. The molecule has 0 saturated heterocycles. The van der Waals surface area contributed by atoms with Crippen LogP contribution in [0.1, 0.15) is 15.9 Å². The minimum absolute atomic E-state index is 0.237. The molecule has 0 bridgehead atoms. The van der Waals surface area contributed by atoms with Gasteiger partial charge in [0.1, 0.15) is 5.75 Å². The maximum Gasteiger partial charge on any atom is 0.255 e. The summed E-state index contributed by atoms with van der Waals surface area (Å²) in [5, 5.41) is 3.40. The second-order valence-electron chi connectivity index (χ2n) is 4.48. The van der Waals surface area contributed by atoms with E-state index in [2.05, 4.69) is 10.7 Å². The summed E-state index contributed by atoms with van der Waals surface area (Å²) in [6, 6.07) is 10.3. The number of ether oxygens (including phenoxy) is 1. The molecule has 0 radical (unpaired) electrons. The third-order valence-electron chi connectivity index (χ3n) is 3.04. The quantitative estimate of drug-likeness (QED) is 0.599. The number of nitrogens with two attached hydrogens (primary N) is 1. The Morgan fingerprint density at radius 1 is 1.24 bits per heavy atom. The average Bonchev–Trinajstić information content (AvgIpc) is 2.50. The van der Waals surface area contributed by atoms with Crippen LogP contribution < -0.4 is 21.3 Å². The van der Waals surface area contributed by atoms with Crippen LogP contribution in [0, 0.1) is 6.92 Å². The van der Waals surface area contributed by atoms with Crippen LogP contribution in [-0.4, -0.2) is 13.0 Å². The Balaban J connectivity index is 2.24. The third kappa shape index (κ3) is 3.45. The molecule has 21 heavy (non-hydrogen) atoms. The van der Waals surface area contributed by atoms with Crippen molar-refractivity contribution in [2.24, 2.45) is 5.84 Å². The summed E-state index contributed by atoms with van der Waals surface area (Å²) in [5.74, 6) is 5.56. The maximum atomic E-state index is 12.2. The Kier molecular flexibility index (Phi) is 4.67. The SMILES string of the molecule is COc1cc(Cl)c(C)cc1NC(=O)c1ccc(NN)cc1. The van der Waals surface area contributed by atoms with Crippen LogP contribution in [0.25, 0.3) is 0 Å². The summed E-state index contributed by atoms with van der Waals surface area (Å²) >= 11 is 6.04. The number of benzene rings is 2. The highest BCUT2D eigenvalue weighted by Crippen LogP contribution is 2.31. The van der Waals surface area contributed by atoms with Crippen LogP contribution >= 0.6 is 11.6 Å². The van der Waals surface area contributed by atoms with E-state index in [9.17, 15) is 4.79 Å². The van der Waals surface area contributed by atoms with Gasteiger partial charge in [-0.3, -0.25) is 10.6 Å². The molecule has 0 spiro atoms. The number of hydrogen-bond acceptors (Lipinski definition) is 4. The monoisotopic (exact) mass is 305 g/mol. The van der Waals surface area contributed by atoms with Gasteiger partial charge in [-0.25, -0.2) is 0 Å².